The summed E-state index contributed by atoms with van der Waals surface area (Å²) in [5, 5.41) is 0.498. The Bertz CT molecular complexity index is 1290. The molecule has 0 bridgehead atoms. The summed E-state index contributed by atoms with van der Waals surface area (Å²) in [6, 6.07) is 21.1. The molecule has 3 aromatic carbocycles. The van der Waals surface area contributed by atoms with Crippen LogP contribution in [0.4, 0.5) is 5.69 Å². The lowest BCUT2D eigenvalue weighted by molar-refractivity contribution is -0.113. The Morgan fingerprint density at radius 2 is 1.66 bits per heavy atom. The molecule has 0 saturated heterocycles. The van der Waals surface area contributed by atoms with Crippen molar-refractivity contribution >= 4 is 40.4 Å². The van der Waals surface area contributed by atoms with Crippen molar-refractivity contribution < 1.29 is 14.3 Å². The summed E-state index contributed by atoms with van der Waals surface area (Å²) in [6.45, 7) is 6.08. The number of methoxy groups -OCH3 is 1. The number of rotatable bonds is 7. The number of thioether (sulfide) groups is 1. The van der Waals surface area contributed by atoms with E-state index in [1.807, 2.05) is 74.5 Å². The van der Waals surface area contributed by atoms with Crippen LogP contribution in [-0.4, -0.2) is 29.7 Å². The van der Waals surface area contributed by atoms with Crippen LogP contribution in [0.15, 0.2) is 77.4 Å². The molecule has 1 amide bonds. The number of nitrogens with zero attached hydrogens (tertiary/aromatic N) is 2. The van der Waals surface area contributed by atoms with E-state index in [1.54, 1.807) is 18.1 Å². The quantitative estimate of drug-likeness (QED) is 0.294. The second kappa shape index (κ2) is 10.7. The monoisotopic (exact) mass is 484 g/mol. The maximum Gasteiger partial charge on any atom is 0.283 e. The molecule has 178 valence electrons. The fourth-order valence-electron chi connectivity index (χ4n) is 3.90. The highest BCUT2D eigenvalue weighted by molar-refractivity contribution is 8.14. The fourth-order valence-corrected chi connectivity index (χ4v) is 4.81. The summed E-state index contributed by atoms with van der Waals surface area (Å²) in [5.74, 6) is 0.718. The predicted octanol–water partition coefficient (Wildman–Crippen LogP) is 6.23. The molecule has 35 heavy (non-hydrogen) atoms. The zero-order valence-electron chi connectivity index (χ0n) is 20.4. The van der Waals surface area contributed by atoms with Gasteiger partial charge >= 0.3 is 0 Å². The molecule has 0 fully saturated rings. The molecule has 6 heteroatoms. The van der Waals surface area contributed by atoms with E-state index in [-0.39, 0.29) is 17.4 Å². The molecule has 0 radical (unpaired) electrons. The first kappa shape index (κ1) is 24.5. The van der Waals surface area contributed by atoms with Gasteiger partial charge in [0.2, 0.25) is 0 Å². The summed E-state index contributed by atoms with van der Waals surface area (Å²) < 4.78 is 5.22. The van der Waals surface area contributed by atoms with Gasteiger partial charge in [0.1, 0.15) is 11.4 Å². The van der Waals surface area contributed by atoms with Crippen molar-refractivity contribution in [2.45, 2.75) is 27.2 Å². The van der Waals surface area contributed by atoms with Crippen molar-refractivity contribution in [3.8, 4) is 5.75 Å². The van der Waals surface area contributed by atoms with Gasteiger partial charge in [-0.1, -0.05) is 61.2 Å². The van der Waals surface area contributed by atoms with Crippen molar-refractivity contribution in [2.75, 3.05) is 17.8 Å². The molecule has 0 atom stereocenters. The topological polar surface area (TPSA) is 59.0 Å². The molecular formula is C29H28N2O3S. The lowest BCUT2D eigenvalue weighted by Crippen LogP contribution is -2.31. The Labute approximate surface area is 210 Å². The molecule has 4 rings (SSSR count). The molecule has 0 saturated carbocycles. The van der Waals surface area contributed by atoms with E-state index in [0.29, 0.717) is 16.4 Å². The molecule has 0 aromatic heterocycles. The Kier molecular flexibility index (Phi) is 7.51. The summed E-state index contributed by atoms with van der Waals surface area (Å²) in [6.07, 6.45) is 2.69. The van der Waals surface area contributed by atoms with Crippen LogP contribution in [0.2, 0.25) is 0 Å². The van der Waals surface area contributed by atoms with E-state index >= 15 is 0 Å². The van der Waals surface area contributed by atoms with Gasteiger partial charge in [-0.15, -0.1) is 0 Å². The van der Waals surface area contributed by atoms with Gasteiger partial charge in [-0.2, -0.15) is 0 Å². The third kappa shape index (κ3) is 5.72. The van der Waals surface area contributed by atoms with E-state index in [9.17, 15) is 9.59 Å². The van der Waals surface area contributed by atoms with E-state index in [1.165, 1.54) is 17.3 Å². The Morgan fingerprint density at radius 1 is 1.00 bits per heavy atom. The maximum atomic E-state index is 13.5. The third-order valence-electron chi connectivity index (χ3n) is 5.73. The number of Topliss-reactive ketones (excluding diaryl/α,β-unsaturated/α-hetero) is 1. The third-order valence-corrected chi connectivity index (χ3v) is 6.67. The minimum atomic E-state index is -0.215. The molecule has 1 aliphatic rings. The second-order valence-corrected chi connectivity index (χ2v) is 9.39. The number of anilines is 1. The van der Waals surface area contributed by atoms with Crippen LogP contribution in [-0.2, 0) is 11.2 Å². The number of carbonyl (C=O) groups excluding carboxylic acids is 2. The van der Waals surface area contributed by atoms with Gasteiger partial charge in [0.05, 0.1) is 18.6 Å². The molecule has 5 nitrogen and oxygen atoms in total. The van der Waals surface area contributed by atoms with E-state index in [2.05, 4.69) is 18.0 Å². The average molecular weight is 485 g/mol. The van der Waals surface area contributed by atoms with Crippen molar-refractivity contribution in [3.05, 3.63) is 100 Å². The standard InChI is InChI=1S/C29H28N2O3S/c1-5-21-6-10-23(11-7-21)27(32)18-35-29-30-26(17-22-8-12-25(34-4)13-9-22)28(33)31(29)24-15-19(2)14-20(3)16-24/h6-17H,5,18H2,1-4H3. The van der Waals surface area contributed by atoms with E-state index in [4.69, 9.17) is 4.74 Å². The first-order valence-electron chi connectivity index (χ1n) is 11.5. The van der Waals surface area contributed by atoms with Crippen molar-refractivity contribution in [2.24, 2.45) is 4.99 Å². The van der Waals surface area contributed by atoms with Gasteiger partial charge in [0.15, 0.2) is 11.0 Å². The highest BCUT2D eigenvalue weighted by atomic mass is 32.2. The smallest absolute Gasteiger partial charge is 0.283 e. The molecular weight excluding hydrogens is 456 g/mol. The predicted molar refractivity (Wildman–Crippen MR) is 144 cm³/mol. The van der Waals surface area contributed by atoms with Gasteiger partial charge < -0.3 is 4.74 Å². The number of aliphatic imine (C=N–C) groups is 1. The lowest BCUT2D eigenvalue weighted by atomic mass is 10.1. The zero-order valence-corrected chi connectivity index (χ0v) is 21.2. The lowest BCUT2D eigenvalue weighted by Gasteiger charge is -2.19. The normalized spacial score (nSPS) is 14.4. The number of amidine groups is 1. The van der Waals surface area contributed by atoms with Crippen LogP contribution in [0.5, 0.6) is 5.75 Å². The number of hydrogen-bond acceptors (Lipinski definition) is 5. The SMILES string of the molecule is CCc1ccc(C(=O)CSC2=NC(=Cc3ccc(OC)cc3)C(=O)N2c2cc(C)cc(C)c2)cc1. The molecule has 0 spiro atoms. The summed E-state index contributed by atoms with van der Waals surface area (Å²) in [5.41, 5.74) is 5.87. The van der Waals surface area contributed by atoms with Gasteiger partial charge in [0.25, 0.3) is 5.91 Å². The number of amides is 1. The Balaban J connectivity index is 1.63. The van der Waals surface area contributed by atoms with Gasteiger partial charge in [-0.05, 0) is 72.9 Å². The highest BCUT2D eigenvalue weighted by Gasteiger charge is 2.32. The summed E-state index contributed by atoms with van der Waals surface area (Å²) in [7, 11) is 1.61. The number of carbonyl (C=O) groups is 2. The Morgan fingerprint density at radius 3 is 2.26 bits per heavy atom. The van der Waals surface area contributed by atoms with Crippen LogP contribution in [0, 0.1) is 13.8 Å². The molecule has 3 aromatic rings. The number of benzene rings is 3. The van der Waals surface area contributed by atoms with Crippen LogP contribution < -0.4 is 9.64 Å². The first-order chi connectivity index (χ1) is 16.9. The second-order valence-electron chi connectivity index (χ2n) is 8.45. The molecule has 1 heterocycles. The number of ether oxygens (including phenoxy) is 1. The number of hydrogen-bond donors (Lipinski definition) is 0. The van der Waals surface area contributed by atoms with Crippen LogP contribution in [0.25, 0.3) is 6.08 Å². The van der Waals surface area contributed by atoms with E-state index < -0.39 is 0 Å². The van der Waals surface area contributed by atoms with Gasteiger partial charge in [0, 0.05) is 5.56 Å². The fraction of sp³-hybridized carbons (Fsp3) is 0.207. The first-order valence-corrected chi connectivity index (χ1v) is 12.5. The molecule has 0 aliphatic carbocycles. The summed E-state index contributed by atoms with van der Waals surface area (Å²) >= 11 is 1.28. The highest BCUT2D eigenvalue weighted by Crippen LogP contribution is 2.31. The van der Waals surface area contributed by atoms with Crippen LogP contribution in [0.3, 0.4) is 0 Å². The largest absolute Gasteiger partial charge is 0.497 e. The molecule has 0 N–H and O–H groups in total. The van der Waals surface area contributed by atoms with Crippen molar-refractivity contribution in [1.82, 2.24) is 0 Å². The minimum Gasteiger partial charge on any atom is -0.497 e. The molecule has 1 aliphatic heterocycles. The number of aryl methyl sites for hydroxylation is 3. The van der Waals surface area contributed by atoms with E-state index in [0.717, 1.165) is 34.5 Å². The maximum absolute atomic E-state index is 13.5. The van der Waals surface area contributed by atoms with Gasteiger partial charge in [-0.25, -0.2) is 4.99 Å². The van der Waals surface area contributed by atoms with Crippen molar-refractivity contribution in [1.29, 1.82) is 0 Å². The van der Waals surface area contributed by atoms with Gasteiger partial charge in [-0.3, -0.25) is 14.5 Å². The van der Waals surface area contributed by atoms with Crippen LogP contribution >= 0.6 is 11.8 Å². The van der Waals surface area contributed by atoms with Crippen molar-refractivity contribution in [3.63, 3.8) is 0 Å². The average Bonchev–Trinajstić information content (AvgIpc) is 3.17. The summed E-state index contributed by atoms with van der Waals surface area (Å²) in [4.78, 5) is 32.6. The van der Waals surface area contributed by atoms with Crippen LogP contribution in [0.1, 0.15) is 39.5 Å². The zero-order chi connectivity index (χ0) is 24.9. The minimum absolute atomic E-state index is 0.000703. The Hall–Kier alpha value is -3.64. The number of ketones is 1. The molecule has 0 unspecified atom stereocenters.